The van der Waals surface area contributed by atoms with Gasteiger partial charge in [0.25, 0.3) is 0 Å². The number of para-hydroxylation sites is 2. The summed E-state index contributed by atoms with van der Waals surface area (Å²) in [5, 5.41) is 3.83. The van der Waals surface area contributed by atoms with Crippen molar-refractivity contribution < 1.29 is 0 Å². The molecule has 0 radical (unpaired) electrons. The molecule has 13 rings (SSSR count). The maximum atomic E-state index is 2.59. The molecule has 2 heteroatoms. The highest BCUT2D eigenvalue weighted by molar-refractivity contribution is 6.11. The first-order valence-corrected chi connectivity index (χ1v) is 22.1. The summed E-state index contributed by atoms with van der Waals surface area (Å²) in [6.45, 7) is 2.45. The summed E-state index contributed by atoms with van der Waals surface area (Å²) >= 11 is 0. The first-order chi connectivity index (χ1) is 31.2. The smallest absolute Gasteiger partial charge is 0.0541 e. The molecule has 1 aliphatic carbocycles. The third kappa shape index (κ3) is 5.51. The summed E-state index contributed by atoms with van der Waals surface area (Å²) < 4.78 is 5.02. The molecular weight excluding hydrogens is 761 g/mol. The average molecular weight is 803 g/mol. The van der Waals surface area contributed by atoms with Gasteiger partial charge in [-0.25, -0.2) is 0 Å². The Morgan fingerprint density at radius 3 is 1.67 bits per heavy atom. The number of benzene rings is 9. The average Bonchev–Trinajstić information content (AvgIpc) is 3.82. The minimum Gasteiger partial charge on any atom is -0.312 e. The maximum Gasteiger partial charge on any atom is 0.0541 e. The molecule has 0 N–H and O–H groups in total. The molecule has 63 heavy (non-hydrogen) atoms. The lowest BCUT2D eigenvalue weighted by Gasteiger charge is -2.32. The number of nitrogens with zero attached hydrogens (tertiary/aromatic N) is 2. The third-order valence-electron chi connectivity index (χ3n) is 13.9. The molecule has 9 aromatic carbocycles. The van der Waals surface area contributed by atoms with E-state index in [-0.39, 0.29) is 11.8 Å². The van der Waals surface area contributed by atoms with E-state index in [9.17, 15) is 0 Å². The lowest BCUT2D eigenvalue weighted by Crippen LogP contribution is -2.20. The topological polar surface area (TPSA) is 9.86 Å². The zero-order valence-electron chi connectivity index (χ0n) is 34.9. The van der Waals surface area contributed by atoms with Gasteiger partial charge in [-0.15, -0.1) is 0 Å². The monoisotopic (exact) mass is 802 g/mol. The minimum absolute atomic E-state index is 0.153. The zero-order valence-corrected chi connectivity index (χ0v) is 34.9. The fraction of sp³-hybridized carbons (Fsp3) is 0.0492. The van der Waals surface area contributed by atoms with Crippen molar-refractivity contribution in [2.45, 2.75) is 12.8 Å². The lowest BCUT2D eigenvalue weighted by molar-refractivity contribution is 0.615. The van der Waals surface area contributed by atoms with Crippen LogP contribution in [0.5, 0.6) is 0 Å². The molecule has 0 saturated carbocycles. The van der Waals surface area contributed by atoms with Gasteiger partial charge in [0.15, 0.2) is 0 Å². The fourth-order valence-corrected chi connectivity index (χ4v) is 11.0. The Hall–Kier alpha value is -7.94. The molecular formula is C61H42N2. The number of aromatic nitrogens is 2. The Kier molecular flexibility index (Phi) is 7.98. The zero-order chi connectivity index (χ0) is 41.6. The van der Waals surface area contributed by atoms with Crippen LogP contribution in [0, 0.1) is 5.92 Å². The number of rotatable bonds is 5. The van der Waals surface area contributed by atoms with Crippen molar-refractivity contribution in [3.05, 3.63) is 241 Å². The van der Waals surface area contributed by atoms with E-state index in [2.05, 4.69) is 241 Å². The van der Waals surface area contributed by atoms with Crippen molar-refractivity contribution in [2.75, 3.05) is 0 Å². The molecule has 2 aromatic heterocycles. The molecule has 3 heterocycles. The van der Waals surface area contributed by atoms with Crippen molar-refractivity contribution in [1.82, 2.24) is 9.13 Å². The minimum atomic E-state index is 0.153. The third-order valence-corrected chi connectivity index (χ3v) is 13.9. The molecule has 2 unspecified atom stereocenters. The Balaban J connectivity index is 0.952. The van der Waals surface area contributed by atoms with Crippen LogP contribution in [0.15, 0.2) is 218 Å². The van der Waals surface area contributed by atoms with Crippen molar-refractivity contribution in [2.24, 2.45) is 5.92 Å². The molecule has 0 spiro atoms. The van der Waals surface area contributed by atoms with E-state index >= 15 is 0 Å². The van der Waals surface area contributed by atoms with Gasteiger partial charge in [0.2, 0.25) is 0 Å². The van der Waals surface area contributed by atoms with Crippen molar-refractivity contribution in [1.29, 1.82) is 0 Å². The summed E-state index contributed by atoms with van der Waals surface area (Å²) in [5.41, 5.74) is 22.8. The van der Waals surface area contributed by atoms with Crippen LogP contribution < -0.4 is 0 Å². The molecule has 1 aliphatic heterocycles. The van der Waals surface area contributed by atoms with E-state index < -0.39 is 0 Å². The highest BCUT2D eigenvalue weighted by Gasteiger charge is 2.39. The van der Waals surface area contributed by atoms with Crippen LogP contribution in [0.25, 0.3) is 100 Å². The van der Waals surface area contributed by atoms with Gasteiger partial charge in [0.1, 0.15) is 0 Å². The highest BCUT2D eigenvalue weighted by atomic mass is 15.0. The van der Waals surface area contributed by atoms with Gasteiger partial charge in [0.05, 0.1) is 22.2 Å². The first kappa shape index (κ1) is 35.8. The van der Waals surface area contributed by atoms with Crippen molar-refractivity contribution in [3.8, 4) is 55.9 Å². The molecule has 0 fully saturated rings. The van der Waals surface area contributed by atoms with Crippen molar-refractivity contribution >= 4 is 44.4 Å². The van der Waals surface area contributed by atoms with Crippen LogP contribution in [-0.4, -0.2) is 9.13 Å². The lowest BCUT2D eigenvalue weighted by atomic mass is 9.72. The molecule has 2 atom stereocenters. The molecule has 0 bridgehead atoms. The number of hydrogen-bond donors (Lipinski definition) is 0. The van der Waals surface area contributed by atoms with E-state index in [4.69, 9.17) is 0 Å². The summed E-state index contributed by atoms with van der Waals surface area (Å²) in [6, 6.07) is 80.7. The normalized spacial score (nSPS) is 15.2. The number of allylic oxidation sites excluding steroid dienone is 1. The van der Waals surface area contributed by atoms with Crippen LogP contribution in [0.1, 0.15) is 35.2 Å². The van der Waals surface area contributed by atoms with Crippen LogP contribution in [0.2, 0.25) is 0 Å². The molecule has 0 saturated heterocycles. The summed E-state index contributed by atoms with van der Waals surface area (Å²) in [4.78, 5) is 0. The Bertz CT molecular complexity index is 3620. The van der Waals surface area contributed by atoms with Gasteiger partial charge in [-0.2, -0.15) is 0 Å². The van der Waals surface area contributed by atoms with Crippen LogP contribution >= 0.6 is 0 Å². The second-order valence-electron chi connectivity index (χ2n) is 17.3. The fourth-order valence-electron chi connectivity index (χ4n) is 11.0. The highest BCUT2D eigenvalue weighted by Crippen LogP contribution is 2.55. The van der Waals surface area contributed by atoms with E-state index in [0.29, 0.717) is 0 Å². The Labute approximate surface area is 367 Å². The van der Waals surface area contributed by atoms with Crippen LogP contribution in [-0.2, 0) is 0 Å². The summed E-state index contributed by atoms with van der Waals surface area (Å²) in [6.07, 6.45) is 2.52. The number of hydrogen-bond acceptors (Lipinski definition) is 0. The van der Waals surface area contributed by atoms with Gasteiger partial charge >= 0.3 is 0 Å². The largest absolute Gasteiger partial charge is 0.312 e. The molecule has 296 valence electrons. The quantitative estimate of drug-likeness (QED) is 0.164. The maximum absolute atomic E-state index is 2.59. The van der Waals surface area contributed by atoms with Gasteiger partial charge in [0, 0.05) is 44.6 Å². The Morgan fingerprint density at radius 2 is 0.921 bits per heavy atom. The van der Waals surface area contributed by atoms with E-state index in [0.717, 1.165) is 5.69 Å². The predicted octanol–water partition coefficient (Wildman–Crippen LogP) is 16.0. The van der Waals surface area contributed by atoms with E-state index in [1.807, 2.05) is 0 Å². The van der Waals surface area contributed by atoms with Gasteiger partial charge in [-0.1, -0.05) is 171 Å². The summed E-state index contributed by atoms with van der Waals surface area (Å²) in [7, 11) is 0. The van der Waals surface area contributed by atoms with Gasteiger partial charge in [-0.05, 0) is 122 Å². The van der Waals surface area contributed by atoms with Gasteiger partial charge < -0.3 is 9.13 Å². The van der Waals surface area contributed by atoms with Gasteiger partial charge in [-0.3, -0.25) is 0 Å². The number of fused-ring (bicyclic) bond motifs is 11. The SMILES string of the molecule is CC1C(c2ccc3c(c2)c2ccccc2n3-c2ccc(-c3cccc(-c4ccccc4)c3)cc2)=Cc2c3n(c4ccccc24)-c2ccc(-c4ccccc4)cc2-c2ccccc2C31. The van der Waals surface area contributed by atoms with Crippen LogP contribution in [0.4, 0.5) is 0 Å². The van der Waals surface area contributed by atoms with Crippen LogP contribution in [0.3, 0.4) is 0 Å². The summed E-state index contributed by atoms with van der Waals surface area (Å²) in [5.74, 6) is 0.364. The molecule has 0 amide bonds. The molecule has 2 aliphatic rings. The van der Waals surface area contributed by atoms with E-state index in [1.54, 1.807) is 0 Å². The van der Waals surface area contributed by atoms with E-state index in [1.165, 1.54) is 111 Å². The first-order valence-electron chi connectivity index (χ1n) is 22.1. The predicted molar refractivity (Wildman–Crippen MR) is 265 cm³/mol. The van der Waals surface area contributed by atoms with Crippen molar-refractivity contribution in [3.63, 3.8) is 0 Å². The second kappa shape index (κ2) is 14.1. The molecule has 2 nitrogen and oxygen atoms in total. The molecule has 11 aromatic rings. The second-order valence-corrected chi connectivity index (χ2v) is 17.3. The Morgan fingerprint density at radius 1 is 0.365 bits per heavy atom. The standard InChI is InChI=1S/C61H42N2/c1-39-52(38-55-50-23-11-13-26-57(50)63-59-33-29-45(41-17-6-3-7-18-41)36-53(59)48-21-8-9-24-51(48)60(39)61(55)63)46-30-34-58-54(37-46)49-22-10-12-25-56(49)62(58)47-31-27-42(28-32-47)44-20-14-19-43(35-44)40-15-4-2-5-16-40/h2-39,60H,1H3.